The van der Waals surface area contributed by atoms with E-state index in [1.54, 1.807) is 0 Å². The molecule has 0 aromatic heterocycles. The maximum absolute atomic E-state index is 12.4. The predicted molar refractivity (Wildman–Crippen MR) is 107 cm³/mol. The van der Waals surface area contributed by atoms with Crippen LogP contribution >= 0.6 is 0 Å². The molecule has 27 heavy (non-hydrogen) atoms. The number of benzene rings is 2. The van der Waals surface area contributed by atoms with Crippen LogP contribution in [0.1, 0.15) is 36.0 Å². The fourth-order valence-corrected chi connectivity index (χ4v) is 3.60. The Morgan fingerprint density at radius 3 is 2.41 bits per heavy atom. The van der Waals surface area contributed by atoms with Crippen LogP contribution in [0.3, 0.4) is 0 Å². The summed E-state index contributed by atoms with van der Waals surface area (Å²) in [5.41, 5.74) is 3.51. The van der Waals surface area contributed by atoms with Crippen LogP contribution in [0.25, 0.3) is 0 Å². The lowest BCUT2D eigenvalue weighted by Crippen LogP contribution is -2.43. The number of carbonyl (C=O) groups excluding carboxylic acids is 2. The van der Waals surface area contributed by atoms with E-state index < -0.39 is 0 Å². The molecular formula is C23H28N2O2. The number of nitrogens with zero attached hydrogens (tertiary/aromatic N) is 1. The first-order valence-corrected chi connectivity index (χ1v) is 9.77. The lowest BCUT2D eigenvalue weighted by molar-refractivity contribution is -0.135. The van der Waals surface area contributed by atoms with Crippen molar-refractivity contribution in [1.29, 1.82) is 0 Å². The Hall–Kier alpha value is -2.62. The van der Waals surface area contributed by atoms with Gasteiger partial charge in [-0.2, -0.15) is 0 Å². The third-order valence-corrected chi connectivity index (χ3v) is 5.24. The molecule has 0 radical (unpaired) electrons. The van der Waals surface area contributed by atoms with Crippen LogP contribution in [0.4, 0.5) is 0 Å². The Labute approximate surface area is 161 Å². The first-order chi connectivity index (χ1) is 13.1. The Bertz CT molecular complexity index is 765. The lowest BCUT2D eigenvalue weighted by Gasteiger charge is -2.31. The third kappa shape index (κ3) is 5.68. The molecule has 2 amide bonds. The molecule has 0 unspecified atom stereocenters. The van der Waals surface area contributed by atoms with Gasteiger partial charge in [0.1, 0.15) is 0 Å². The van der Waals surface area contributed by atoms with E-state index in [2.05, 4.69) is 36.5 Å². The summed E-state index contributed by atoms with van der Waals surface area (Å²) in [5, 5.41) is 3.04. The molecule has 0 spiro atoms. The summed E-state index contributed by atoms with van der Waals surface area (Å²) in [7, 11) is 0. The average Bonchev–Trinajstić information content (AvgIpc) is 2.71. The number of likely N-dealkylation sites (tertiary alicyclic amines) is 1. The number of aryl methyl sites for hydroxylation is 2. The fourth-order valence-electron chi connectivity index (χ4n) is 3.60. The van der Waals surface area contributed by atoms with E-state index in [0.717, 1.165) is 24.8 Å². The van der Waals surface area contributed by atoms with Gasteiger partial charge in [0.15, 0.2) is 0 Å². The summed E-state index contributed by atoms with van der Waals surface area (Å²) >= 11 is 0. The van der Waals surface area contributed by atoms with Gasteiger partial charge in [0.2, 0.25) is 11.8 Å². The quantitative estimate of drug-likeness (QED) is 0.853. The van der Waals surface area contributed by atoms with Crippen molar-refractivity contribution in [3.05, 3.63) is 71.3 Å². The molecule has 2 aromatic carbocycles. The van der Waals surface area contributed by atoms with Gasteiger partial charge in [-0.1, -0.05) is 60.2 Å². The van der Waals surface area contributed by atoms with Gasteiger partial charge in [-0.15, -0.1) is 0 Å². The minimum atomic E-state index is 0.00739. The normalized spacial score (nSPS) is 14.8. The van der Waals surface area contributed by atoms with Gasteiger partial charge in [0, 0.05) is 32.0 Å². The van der Waals surface area contributed by atoms with Crippen molar-refractivity contribution in [2.24, 2.45) is 5.92 Å². The zero-order valence-electron chi connectivity index (χ0n) is 16.0. The molecule has 2 aromatic rings. The van der Waals surface area contributed by atoms with Crippen molar-refractivity contribution in [2.75, 3.05) is 13.1 Å². The number of carbonyl (C=O) groups is 2. The zero-order valence-corrected chi connectivity index (χ0v) is 16.0. The van der Waals surface area contributed by atoms with E-state index in [-0.39, 0.29) is 17.7 Å². The highest BCUT2D eigenvalue weighted by Crippen LogP contribution is 2.19. The van der Waals surface area contributed by atoms with Crippen LogP contribution in [-0.2, 0) is 22.6 Å². The highest BCUT2D eigenvalue weighted by atomic mass is 16.2. The van der Waals surface area contributed by atoms with Crippen LogP contribution in [-0.4, -0.2) is 29.8 Å². The van der Waals surface area contributed by atoms with E-state index in [0.29, 0.717) is 26.1 Å². The van der Waals surface area contributed by atoms with Crippen LogP contribution in [0.15, 0.2) is 54.6 Å². The Kier molecular flexibility index (Phi) is 6.64. The summed E-state index contributed by atoms with van der Waals surface area (Å²) in [6, 6.07) is 18.3. The fraction of sp³-hybridized carbons (Fsp3) is 0.391. The monoisotopic (exact) mass is 364 g/mol. The van der Waals surface area contributed by atoms with E-state index in [9.17, 15) is 9.59 Å². The second-order valence-corrected chi connectivity index (χ2v) is 7.35. The second kappa shape index (κ2) is 9.36. The van der Waals surface area contributed by atoms with Gasteiger partial charge < -0.3 is 10.2 Å². The summed E-state index contributed by atoms with van der Waals surface area (Å²) in [6.45, 7) is 3.97. The summed E-state index contributed by atoms with van der Waals surface area (Å²) < 4.78 is 0. The number of hydrogen-bond acceptors (Lipinski definition) is 2. The Morgan fingerprint density at radius 1 is 1.00 bits per heavy atom. The van der Waals surface area contributed by atoms with E-state index in [1.165, 1.54) is 11.1 Å². The van der Waals surface area contributed by atoms with Crippen molar-refractivity contribution in [1.82, 2.24) is 10.2 Å². The average molecular weight is 364 g/mol. The Morgan fingerprint density at radius 2 is 1.70 bits per heavy atom. The molecule has 142 valence electrons. The lowest BCUT2D eigenvalue weighted by atomic mass is 9.95. The molecule has 4 nitrogen and oxygen atoms in total. The van der Waals surface area contributed by atoms with Gasteiger partial charge in [0.05, 0.1) is 0 Å². The molecular weight excluding hydrogens is 336 g/mol. The minimum Gasteiger partial charge on any atom is -0.352 e. The molecule has 1 fully saturated rings. The zero-order chi connectivity index (χ0) is 19.1. The van der Waals surface area contributed by atoms with Gasteiger partial charge in [-0.25, -0.2) is 0 Å². The summed E-state index contributed by atoms with van der Waals surface area (Å²) in [5.74, 6) is 0.304. The molecule has 1 saturated heterocycles. The molecule has 1 aliphatic rings. The number of piperidine rings is 1. The first-order valence-electron chi connectivity index (χ1n) is 9.77. The maximum atomic E-state index is 12.4. The molecule has 4 heteroatoms. The number of amides is 2. The molecule has 1 heterocycles. The van der Waals surface area contributed by atoms with Gasteiger partial charge in [-0.05, 0) is 37.3 Å². The Balaban J connectivity index is 1.40. The van der Waals surface area contributed by atoms with Crippen molar-refractivity contribution in [3.8, 4) is 0 Å². The van der Waals surface area contributed by atoms with Crippen LogP contribution in [0.2, 0.25) is 0 Å². The van der Waals surface area contributed by atoms with E-state index >= 15 is 0 Å². The molecule has 1 aliphatic heterocycles. The molecule has 0 bridgehead atoms. The second-order valence-electron chi connectivity index (χ2n) is 7.35. The first kappa shape index (κ1) is 19.2. The molecule has 0 saturated carbocycles. The predicted octanol–water partition coefficient (Wildman–Crippen LogP) is 3.48. The molecule has 0 atom stereocenters. The van der Waals surface area contributed by atoms with Crippen molar-refractivity contribution in [2.45, 2.75) is 39.2 Å². The minimum absolute atomic E-state index is 0.00739. The third-order valence-electron chi connectivity index (χ3n) is 5.24. The largest absolute Gasteiger partial charge is 0.352 e. The van der Waals surface area contributed by atoms with Crippen molar-refractivity contribution < 1.29 is 9.59 Å². The van der Waals surface area contributed by atoms with Gasteiger partial charge in [0.25, 0.3) is 0 Å². The topological polar surface area (TPSA) is 49.4 Å². The highest BCUT2D eigenvalue weighted by Gasteiger charge is 2.26. The number of rotatable bonds is 6. The number of nitrogens with one attached hydrogen (secondary N) is 1. The molecule has 3 rings (SSSR count). The maximum Gasteiger partial charge on any atom is 0.223 e. The number of hydrogen-bond donors (Lipinski definition) is 1. The molecule has 0 aliphatic carbocycles. The smallest absolute Gasteiger partial charge is 0.223 e. The van der Waals surface area contributed by atoms with Crippen LogP contribution < -0.4 is 5.32 Å². The van der Waals surface area contributed by atoms with Gasteiger partial charge in [-0.3, -0.25) is 9.59 Å². The van der Waals surface area contributed by atoms with E-state index in [1.807, 2.05) is 35.2 Å². The highest BCUT2D eigenvalue weighted by molar-refractivity contribution is 5.80. The van der Waals surface area contributed by atoms with Crippen molar-refractivity contribution in [3.63, 3.8) is 0 Å². The van der Waals surface area contributed by atoms with Crippen LogP contribution in [0, 0.1) is 12.8 Å². The SMILES string of the molecule is Cc1cccc(CNC(=O)C2CCN(C(=O)CCc3ccccc3)CC2)c1. The summed E-state index contributed by atoms with van der Waals surface area (Å²) in [6.07, 6.45) is 2.80. The van der Waals surface area contributed by atoms with Crippen molar-refractivity contribution >= 4 is 11.8 Å². The van der Waals surface area contributed by atoms with E-state index in [4.69, 9.17) is 0 Å². The standard InChI is InChI=1S/C23H28N2O2/c1-18-6-5-9-20(16-18)17-24-23(27)21-12-14-25(15-13-21)22(26)11-10-19-7-3-2-4-8-19/h2-9,16,21H,10-15,17H2,1H3,(H,24,27). The molecule has 1 N–H and O–H groups in total. The van der Waals surface area contributed by atoms with Gasteiger partial charge >= 0.3 is 0 Å². The summed E-state index contributed by atoms with van der Waals surface area (Å²) in [4.78, 5) is 26.8. The van der Waals surface area contributed by atoms with Crippen LogP contribution in [0.5, 0.6) is 0 Å².